The van der Waals surface area contributed by atoms with Crippen LogP contribution in [0.1, 0.15) is 35.2 Å². The molecule has 3 aliphatic rings. The zero-order valence-electron chi connectivity index (χ0n) is 32.4. The molecule has 1 aromatic heterocycles. The Balaban J connectivity index is 1.22. The van der Waals surface area contributed by atoms with E-state index in [-0.39, 0.29) is 6.71 Å². The van der Waals surface area contributed by atoms with Crippen molar-refractivity contribution in [3.05, 3.63) is 198 Å². The minimum absolute atomic E-state index is 0.0548. The predicted octanol–water partition coefficient (Wildman–Crippen LogP) is 11.5. The van der Waals surface area contributed by atoms with E-state index < -0.39 is 0 Å². The van der Waals surface area contributed by atoms with Gasteiger partial charge in [0, 0.05) is 56.9 Å². The minimum Gasteiger partial charge on any atom is -0.311 e. The molecule has 3 heterocycles. The van der Waals surface area contributed by atoms with Crippen molar-refractivity contribution in [1.29, 1.82) is 0 Å². The Labute approximate surface area is 336 Å². The largest absolute Gasteiger partial charge is 0.311 e. The van der Waals surface area contributed by atoms with Crippen LogP contribution in [0.3, 0.4) is 0 Å². The van der Waals surface area contributed by atoms with E-state index in [2.05, 4.69) is 209 Å². The molecule has 7 aromatic carbocycles. The molecule has 0 atom stereocenters. The molecular weight excluding hydrogens is 691 g/mol. The van der Waals surface area contributed by atoms with E-state index >= 15 is 0 Å². The maximum atomic E-state index is 2.61. The highest BCUT2D eigenvalue weighted by Crippen LogP contribution is 2.48. The van der Waals surface area contributed by atoms with Gasteiger partial charge in [0.2, 0.25) is 0 Å². The van der Waals surface area contributed by atoms with Crippen molar-refractivity contribution in [1.82, 2.24) is 4.57 Å². The maximum absolute atomic E-state index is 2.61. The summed E-state index contributed by atoms with van der Waals surface area (Å²) in [7, 11) is 0. The van der Waals surface area contributed by atoms with Gasteiger partial charge in [0.15, 0.2) is 0 Å². The third-order valence-corrected chi connectivity index (χ3v) is 12.3. The molecule has 0 spiro atoms. The van der Waals surface area contributed by atoms with Crippen LogP contribution in [0, 0.1) is 13.8 Å². The van der Waals surface area contributed by atoms with Crippen molar-refractivity contribution >= 4 is 74.4 Å². The minimum atomic E-state index is 0.0548. The fourth-order valence-electron chi connectivity index (χ4n) is 9.75. The second kappa shape index (κ2) is 13.5. The van der Waals surface area contributed by atoms with Gasteiger partial charge in [0.05, 0.1) is 0 Å². The molecule has 4 nitrogen and oxygen atoms in total. The van der Waals surface area contributed by atoms with Gasteiger partial charge in [-0.25, -0.2) is 0 Å². The van der Waals surface area contributed by atoms with Crippen LogP contribution in [0.25, 0.3) is 5.69 Å². The molecule has 57 heavy (non-hydrogen) atoms. The summed E-state index contributed by atoms with van der Waals surface area (Å²) in [5.41, 5.74) is 20.3. The average molecular weight is 735 g/mol. The first-order valence-corrected chi connectivity index (χ1v) is 20.4. The van der Waals surface area contributed by atoms with Gasteiger partial charge in [-0.1, -0.05) is 102 Å². The fraction of sp³-hybridized carbons (Fsp3) is 0.115. The van der Waals surface area contributed by atoms with E-state index in [9.17, 15) is 0 Å². The Bertz CT molecular complexity index is 2710. The number of para-hydroxylation sites is 3. The summed E-state index contributed by atoms with van der Waals surface area (Å²) in [4.78, 5) is 7.49. The van der Waals surface area contributed by atoms with Gasteiger partial charge in [0.1, 0.15) is 5.82 Å². The number of hydrogen-bond donors (Lipinski definition) is 0. The maximum Gasteiger partial charge on any atom is 0.254 e. The standard InChI is InChI=1S/C52H43BN4/c1-36-25-29-41(30-26-36)54(42-31-27-37(2)28-32-42)43-33-34-45-49(35-43)55(38-15-6-3-7-16-38)47-23-14-24-48-51(47)53(45)50-44-21-12-13-22-46(44)56(39-17-8-4-9-18-39)52(50)57(48)40-19-10-5-11-20-40/h3-11,14-20,23-35H,12-13,21-22H2,1-2H3. The topological polar surface area (TPSA) is 14.7 Å². The highest BCUT2D eigenvalue weighted by atomic mass is 15.3. The van der Waals surface area contributed by atoms with Crippen molar-refractivity contribution in [2.24, 2.45) is 0 Å². The molecule has 0 fully saturated rings. The Morgan fingerprint density at radius 3 is 1.60 bits per heavy atom. The Morgan fingerprint density at radius 2 is 0.982 bits per heavy atom. The van der Waals surface area contributed by atoms with E-state index in [1.807, 2.05) is 0 Å². The van der Waals surface area contributed by atoms with Crippen LogP contribution in [0.2, 0.25) is 0 Å². The molecular formula is C52H43BN4. The van der Waals surface area contributed by atoms with Gasteiger partial charge in [-0.3, -0.25) is 4.90 Å². The lowest BCUT2D eigenvalue weighted by Gasteiger charge is -2.44. The van der Waals surface area contributed by atoms with Gasteiger partial charge < -0.3 is 14.4 Å². The number of aromatic nitrogens is 1. The van der Waals surface area contributed by atoms with Crippen LogP contribution in [-0.2, 0) is 12.8 Å². The number of nitrogens with zero attached hydrogens (tertiary/aromatic N) is 4. The number of benzene rings is 7. The molecule has 11 rings (SSSR count). The summed E-state index contributed by atoms with van der Waals surface area (Å²) < 4.78 is 2.61. The van der Waals surface area contributed by atoms with Crippen molar-refractivity contribution in [3.63, 3.8) is 0 Å². The van der Waals surface area contributed by atoms with Crippen LogP contribution in [0.4, 0.5) is 51.3 Å². The molecule has 5 heteroatoms. The smallest absolute Gasteiger partial charge is 0.254 e. The molecule has 0 N–H and O–H groups in total. The Kier molecular flexibility index (Phi) is 7.96. The third-order valence-electron chi connectivity index (χ3n) is 12.3. The molecule has 0 amide bonds. The van der Waals surface area contributed by atoms with Crippen LogP contribution in [-0.4, -0.2) is 11.3 Å². The first-order chi connectivity index (χ1) is 28.1. The Morgan fingerprint density at radius 1 is 0.456 bits per heavy atom. The van der Waals surface area contributed by atoms with Crippen molar-refractivity contribution < 1.29 is 0 Å². The first kappa shape index (κ1) is 33.6. The zero-order chi connectivity index (χ0) is 38.0. The number of anilines is 9. The van der Waals surface area contributed by atoms with Gasteiger partial charge >= 0.3 is 0 Å². The molecule has 2 aliphatic heterocycles. The molecule has 0 radical (unpaired) electrons. The van der Waals surface area contributed by atoms with Crippen molar-refractivity contribution in [2.45, 2.75) is 39.5 Å². The molecule has 0 saturated heterocycles. The first-order valence-electron chi connectivity index (χ1n) is 20.4. The second-order valence-electron chi connectivity index (χ2n) is 15.8. The monoisotopic (exact) mass is 734 g/mol. The highest BCUT2D eigenvalue weighted by Gasteiger charge is 2.47. The predicted molar refractivity (Wildman–Crippen MR) is 241 cm³/mol. The fourth-order valence-corrected chi connectivity index (χ4v) is 9.75. The number of hydrogen-bond acceptors (Lipinski definition) is 3. The average Bonchev–Trinajstić information content (AvgIpc) is 3.60. The Hall–Kier alpha value is -6.72. The summed E-state index contributed by atoms with van der Waals surface area (Å²) >= 11 is 0. The van der Waals surface area contributed by atoms with E-state index in [1.54, 1.807) is 0 Å². The SMILES string of the molecule is Cc1ccc(N(c2ccc(C)cc2)c2ccc3c(c2)N(c2ccccc2)c2cccc4c2B3c2c3c(n(-c5ccccc5)c2N4c2ccccc2)CCCC3)cc1. The van der Waals surface area contributed by atoms with Crippen LogP contribution in [0.5, 0.6) is 0 Å². The summed E-state index contributed by atoms with van der Waals surface area (Å²) in [5.74, 6) is 1.28. The molecule has 1 aliphatic carbocycles. The van der Waals surface area contributed by atoms with E-state index in [4.69, 9.17) is 0 Å². The molecule has 0 unspecified atom stereocenters. The highest BCUT2D eigenvalue weighted by molar-refractivity contribution is 7.00. The lowest BCUT2D eigenvalue weighted by molar-refractivity contribution is 0.664. The van der Waals surface area contributed by atoms with Crippen LogP contribution in [0.15, 0.2) is 176 Å². The van der Waals surface area contributed by atoms with E-state index in [1.165, 1.54) is 85.9 Å². The van der Waals surface area contributed by atoms with Gasteiger partial charge in [-0.05, 0) is 146 Å². The normalized spacial score (nSPS) is 13.8. The summed E-state index contributed by atoms with van der Waals surface area (Å²) in [6.07, 6.45) is 4.56. The second-order valence-corrected chi connectivity index (χ2v) is 15.8. The van der Waals surface area contributed by atoms with Gasteiger partial charge in [-0.15, -0.1) is 0 Å². The van der Waals surface area contributed by atoms with Crippen molar-refractivity contribution in [3.8, 4) is 5.69 Å². The molecule has 0 saturated carbocycles. The van der Waals surface area contributed by atoms with Crippen LogP contribution < -0.4 is 31.1 Å². The molecule has 274 valence electrons. The lowest BCUT2D eigenvalue weighted by atomic mass is 9.33. The van der Waals surface area contributed by atoms with E-state index in [0.29, 0.717) is 0 Å². The number of rotatable bonds is 6. The summed E-state index contributed by atoms with van der Waals surface area (Å²) in [5, 5.41) is 0. The molecule has 0 bridgehead atoms. The zero-order valence-corrected chi connectivity index (χ0v) is 32.4. The summed E-state index contributed by atoms with van der Waals surface area (Å²) in [6, 6.07) is 65.1. The van der Waals surface area contributed by atoms with E-state index in [0.717, 1.165) is 35.6 Å². The van der Waals surface area contributed by atoms with Gasteiger partial charge in [-0.2, -0.15) is 0 Å². The molecule has 8 aromatic rings. The summed E-state index contributed by atoms with van der Waals surface area (Å²) in [6.45, 7) is 4.37. The van der Waals surface area contributed by atoms with Gasteiger partial charge in [0.25, 0.3) is 6.71 Å². The lowest BCUT2D eigenvalue weighted by Crippen LogP contribution is -2.62. The number of fused-ring (bicyclic) bond motifs is 6. The quantitative estimate of drug-likeness (QED) is 0.158. The van der Waals surface area contributed by atoms with Crippen molar-refractivity contribution in [2.75, 3.05) is 14.7 Å². The van der Waals surface area contributed by atoms with Crippen LogP contribution >= 0.6 is 0 Å². The third kappa shape index (κ3) is 5.37. The number of aryl methyl sites for hydroxylation is 2.